The number of carbonyl (C=O) groups excluding carboxylic acids is 1. The highest BCUT2D eigenvalue weighted by Gasteiger charge is 2.32. The fraction of sp³-hybridized carbons (Fsp3) is 0.929. The van der Waals surface area contributed by atoms with Gasteiger partial charge in [-0.2, -0.15) is 0 Å². The number of carbonyl (C=O) groups is 1. The lowest BCUT2D eigenvalue weighted by atomic mass is 9.99. The summed E-state index contributed by atoms with van der Waals surface area (Å²) in [5, 5.41) is 0. The van der Waals surface area contributed by atoms with Crippen LogP contribution in [0.3, 0.4) is 0 Å². The Hall–Kier alpha value is -0.620. The number of hydrogen-bond donors (Lipinski definition) is 0. The van der Waals surface area contributed by atoms with Gasteiger partial charge < -0.3 is 9.80 Å². The van der Waals surface area contributed by atoms with Crippen molar-refractivity contribution in [3.8, 4) is 0 Å². The zero-order valence-corrected chi connectivity index (χ0v) is 13.4. The molecule has 2 heterocycles. The molecular formula is C14H26N2O3S. The van der Waals surface area contributed by atoms with Crippen LogP contribution in [0.1, 0.15) is 32.6 Å². The third kappa shape index (κ3) is 4.19. The Morgan fingerprint density at radius 1 is 1.25 bits per heavy atom. The van der Waals surface area contributed by atoms with Gasteiger partial charge in [-0.3, -0.25) is 4.79 Å². The Morgan fingerprint density at radius 2 is 1.90 bits per heavy atom. The van der Waals surface area contributed by atoms with Crippen LogP contribution in [0.5, 0.6) is 0 Å². The van der Waals surface area contributed by atoms with Gasteiger partial charge in [0.2, 0.25) is 5.91 Å². The molecule has 0 spiro atoms. The number of amides is 1. The number of likely N-dealkylation sites (tertiary alicyclic amines) is 1. The van der Waals surface area contributed by atoms with E-state index in [1.165, 1.54) is 12.8 Å². The highest BCUT2D eigenvalue weighted by molar-refractivity contribution is 7.91. The summed E-state index contributed by atoms with van der Waals surface area (Å²) in [7, 11) is -1.18. The molecule has 0 aromatic carbocycles. The topological polar surface area (TPSA) is 57.7 Å². The fourth-order valence-electron chi connectivity index (χ4n) is 3.00. The first kappa shape index (κ1) is 15.8. The molecule has 2 rings (SSSR count). The minimum Gasteiger partial charge on any atom is -0.342 e. The number of piperidine rings is 1. The van der Waals surface area contributed by atoms with Crippen molar-refractivity contribution in [2.24, 2.45) is 5.92 Å². The second-order valence-electron chi connectivity index (χ2n) is 6.34. The van der Waals surface area contributed by atoms with E-state index in [1.807, 2.05) is 0 Å². The van der Waals surface area contributed by atoms with Crippen LogP contribution in [0.4, 0.5) is 0 Å². The van der Waals surface area contributed by atoms with Gasteiger partial charge in [0.25, 0.3) is 0 Å². The minimum absolute atomic E-state index is 0.0747. The van der Waals surface area contributed by atoms with Crippen LogP contribution in [0.25, 0.3) is 0 Å². The minimum atomic E-state index is -2.92. The van der Waals surface area contributed by atoms with Crippen LogP contribution in [0, 0.1) is 5.92 Å². The van der Waals surface area contributed by atoms with Crippen LogP contribution >= 0.6 is 0 Å². The smallest absolute Gasteiger partial charge is 0.223 e. The summed E-state index contributed by atoms with van der Waals surface area (Å²) in [6.45, 7) is 5.23. The molecule has 0 aromatic rings. The molecule has 1 amide bonds. The Balaban J connectivity index is 1.74. The van der Waals surface area contributed by atoms with E-state index in [0.717, 1.165) is 25.6 Å². The maximum Gasteiger partial charge on any atom is 0.223 e. The summed E-state index contributed by atoms with van der Waals surface area (Å²) in [5.74, 6) is 1.23. The average molecular weight is 302 g/mol. The van der Waals surface area contributed by atoms with E-state index in [2.05, 4.69) is 11.8 Å². The molecule has 116 valence electrons. The van der Waals surface area contributed by atoms with Crippen molar-refractivity contribution in [2.75, 3.05) is 38.2 Å². The van der Waals surface area contributed by atoms with Gasteiger partial charge in [-0.15, -0.1) is 0 Å². The van der Waals surface area contributed by atoms with Gasteiger partial charge in [-0.1, -0.05) is 6.92 Å². The second-order valence-corrected chi connectivity index (χ2v) is 8.56. The quantitative estimate of drug-likeness (QED) is 0.769. The Labute approximate surface area is 122 Å². The molecule has 0 radical (unpaired) electrons. The largest absolute Gasteiger partial charge is 0.342 e. The van der Waals surface area contributed by atoms with Crippen molar-refractivity contribution < 1.29 is 13.2 Å². The Morgan fingerprint density at radius 3 is 2.45 bits per heavy atom. The molecule has 0 saturated carbocycles. The van der Waals surface area contributed by atoms with Gasteiger partial charge in [0, 0.05) is 26.1 Å². The molecule has 2 aliphatic rings. The summed E-state index contributed by atoms with van der Waals surface area (Å²) in [5.41, 5.74) is 0. The maximum absolute atomic E-state index is 12.2. The van der Waals surface area contributed by atoms with Crippen LogP contribution in [-0.4, -0.2) is 68.4 Å². The molecule has 2 saturated heterocycles. The SMILES string of the molecule is CC1CCN(CCC(=O)N(C)C2CCS(=O)(=O)C2)CC1. The molecule has 0 N–H and O–H groups in total. The van der Waals surface area contributed by atoms with Crippen molar-refractivity contribution in [2.45, 2.75) is 38.6 Å². The summed E-state index contributed by atoms with van der Waals surface area (Å²) >= 11 is 0. The average Bonchev–Trinajstić information content (AvgIpc) is 2.77. The van der Waals surface area contributed by atoms with Gasteiger partial charge in [-0.05, 0) is 38.3 Å². The Bertz CT molecular complexity index is 441. The standard InChI is InChI=1S/C14H26N2O3S/c1-12-3-7-16(8-4-12)9-5-14(17)15(2)13-6-10-20(18,19)11-13/h12-13H,3-11H2,1-2H3. The molecule has 0 aliphatic carbocycles. The van der Waals surface area contributed by atoms with E-state index in [9.17, 15) is 13.2 Å². The lowest BCUT2D eigenvalue weighted by molar-refractivity contribution is -0.131. The summed E-state index contributed by atoms with van der Waals surface area (Å²) in [6.07, 6.45) is 3.52. The van der Waals surface area contributed by atoms with Crippen molar-refractivity contribution in [3.05, 3.63) is 0 Å². The lowest BCUT2D eigenvalue weighted by Crippen LogP contribution is -2.40. The van der Waals surface area contributed by atoms with Crippen molar-refractivity contribution >= 4 is 15.7 Å². The number of sulfone groups is 1. The molecule has 1 unspecified atom stereocenters. The van der Waals surface area contributed by atoms with E-state index >= 15 is 0 Å². The van der Waals surface area contributed by atoms with E-state index in [-0.39, 0.29) is 23.5 Å². The second kappa shape index (κ2) is 6.43. The van der Waals surface area contributed by atoms with Crippen LogP contribution in [0.2, 0.25) is 0 Å². The van der Waals surface area contributed by atoms with Gasteiger partial charge in [0.15, 0.2) is 9.84 Å². The predicted octanol–water partition coefficient (Wildman–Crippen LogP) is 0.754. The highest BCUT2D eigenvalue weighted by Crippen LogP contribution is 2.18. The summed E-state index contributed by atoms with van der Waals surface area (Å²) < 4.78 is 22.9. The zero-order valence-electron chi connectivity index (χ0n) is 12.5. The molecule has 2 aliphatic heterocycles. The molecule has 1 atom stereocenters. The monoisotopic (exact) mass is 302 g/mol. The van der Waals surface area contributed by atoms with Gasteiger partial charge >= 0.3 is 0 Å². The molecule has 0 bridgehead atoms. The molecule has 2 fully saturated rings. The molecule has 0 aromatic heterocycles. The van der Waals surface area contributed by atoms with Gasteiger partial charge in [0.1, 0.15) is 0 Å². The van der Waals surface area contributed by atoms with Crippen molar-refractivity contribution in [1.82, 2.24) is 9.80 Å². The van der Waals surface area contributed by atoms with Gasteiger partial charge in [0.05, 0.1) is 11.5 Å². The molecule has 5 nitrogen and oxygen atoms in total. The number of rotatable bonds is 4. The van der Waals surface area contributed by atoms with Crippen molar-refractivity contribution in [3.63, 3.8) is 0 Å². The fourth-order valence-corrected chi connectivity index (χ4v) is 4.77. The molecule has 6 heteroatoms. The molecular weight excluding hydrogens is 276 g/mol. The van der Waals surface area contributed by atoms with E-state index in [4.69, 9.17) is 0 Å². The predicted molar refractivity (Wildman–Crippen MR) is 79.3 cm³/mol. The van der Waals surface area contributed by atoms with Crippen LogP contribution < -0.4 is 0 Å². The van der Waals surface area contributed by atoms with E-state index in [1.54, 1.807) is 11.9 Å². The van der Waals surface area contributed by atoms with Gasteiger partial charge in [-0.25, -0.2) is 8.42 Å². The number of nitrogens with zero attached hydrogens (tertiary/aromatic N) is 2. The maximum atomic E-state index is 12.2. The normalized spacial score (nSPS) is 27.6. The van der Waals surface area contributed by atoms with Crippen LogP contribution in [0.15, 0.2) is 0 Å². The van der Waals surface area contributed by atoms with E-state index in [0.29, 0.717) is 12.8 Å². The number of hydrogen-bond acceptors (Lipinski definition) is 4. The lowest BCUT2D eigenvalue weighted by Gasteiger charge is -2.31. The molecule has 20 heavy (non-hydrogen) atoms. The first-order valence-electron chi connectivity index (χ1n) is 7.56. The van der Waals surface area contributed by atoms with E-state index < -0.39 is 9.84 Å². The third-order valence-corrected chi connectivity index (χ3v) is 6.42. The third-order valence-electron chi connectivity index (χ3n) is 4.67. The van der Waals surface area contributed by atoms with Crippen LogP contribution in [-0.2, 0) is 14.6 Å². The summed E-state index contributed by atoms with van der Waals surface area (Å²) in [6, 6.07) is -0.117. The highest BCUT2D eigenvalue weighted by atomic mass is 32.2. The Kier molecular flexibility index (Phi) is 5.07. The summed E-state index contributed by atoms with van der Waals surface area (Å²) in [4.78, 5) is 16.1. The first-order valence-corrected chi connectivity index (χ1v) is 9.38. The first-order chi connectivity index (χ1) is 9.37. The zero-order chi connectivity index (χ0) is 14.8. The van der Waals surface area contributed by atoms with Crippen molar-refractivity contribution in [1.29, 1.82) is 0 Å².